The van der Waals surface area contributed by atoms with Crippen molar-refractivity contribution >= 4 is 11.6 Å². The standard InChI is InChI=1S/C22H21F3N4O2/c23-22(24,25)19-9-18(2-1-16(19)10-26)29-12-17-11-28(8-5-21(17,13-29)14-30)20(31)15-3-6-27-7-4-15/h1-4,6-7,9,17,30H,5,8,11-14H2/t17-,21+/m1/s1. The first-order valence-corrected chi connectivity index (χ1v) is 9.94. The average Bonchev–Trinajstić information content (AvgIpc) is 3.17. The molecule has 1 N–H and O–H groups in total. The number of nitriles is 1. The molecule has 31 heavy (non-hydrogen) atoms. The van der Waals surface area contributed by atoms with Crippen LogP contribution >= 0.6 is 0 Å². The summed E-state index contributed by atoms with van der Waals surface area (Å²) in [6, 6.07) is 8.58. The van der Waals surface area contributed by atoms with E-state index in [1.54, 1.807) is 35.5 Å². The van der Waals surface area contributed by atoms with E-state index >= 15 is 0 Å². The van der Waals surface area contributed by atoms with Gasteiger partial charge in [0.15, 0.2) is 0 Å². The number of amides is 1. The Morgan fingerprint density at radius 1 is 1.26 bits per heavy atom. The van der Waals surface area contributed by atoms with Crippen molar-refractivity contribution in [2.75, 3.05) is 37.7 Å². The maximum Gasteiger partial charge on any atom is 0.417 e. The van der Waals surface area contributed by atoms with Crippen molar-refractivity contribution in [3.63, 3.8) is 0 Å². The van der Waals surface area contributed by atoms with Crippen LogP contribution in [0, 0.1) is 22.7 Å². The predicted molar refractivity (Wildman–Crippen MR) is 106 cm³/mol. The first-order chi connectivity index (χ1) is 14.8. The largest absolute Gasteiger partial charge is 0.417 e. The number of anilines is 1. The molecule has 2 saturated heterocycles. The smallest absolute Gasteiger partial charge is 0.396 e. The van der Waals surface area contributed by atoms with Crippen LogP contribution in [0.4, 0.5) is 18.9 Å². The molecule has 1 amide bonds. The zero-order valence-electron chi connectivity index (χ0n) is 16.6. The van der Waals surface area contributed by atoms with Gasteiger partial charge >= 0.3 is 6.18 Å². The number of likely N-dealkylation sites (tertiary alicyclic amines) is 1. The van der Waals surface area contributed by atoms with Crippen LogP contribution in [0.15, 0.2) is 42.7 Å². The molecule has 2 atom stereocenters. The third kappa shape index (κ3) is 3.83. The molecule has 2 aromatic rings. The highest BCUT2D eigenvalue weighted by atomic mass is 19.4. The monoisotopic (exact) mass is 430 g/mol. The van der Waals surface area contributed by atoms with E-state index in [4.69, 9.17) is 5.26 Å². The van der Waals surface area contributed by atoms with Gasteiger partial charge in [-0.1, -0.05) is 0 Å². The van der Waals surface area contributed by atoms with Gasteiger partial charge in [-0.05, 0) is 36.8 Å². The van der Waals surface area contributed by atoms with Gasteiger partial charge in [-0.3, -0.25) is 9.78 Å². The molecule has 2 aliphatic rings. The van der Waals surface area contributed by atoms with Crippen LogP contribution in [0.25, 0.3) is 0 Å². The van der Waals surface area contributed by atoms with Crippen molar-refractivity contribution < 1.29 is 23.1 Å². The predicted octanol–water partition coefficient (Wildman–Crippen LogP) is 2.93. The van der Waals surface area contributed by atoms with Gasteiger partial charge < -0.3 is 14.9 Å². The highest BCUT2D eigenvalue weighted by Crippen LogP contribution is 2.45. The summed E-state index contributed by atoms with van der Waals surface area (Å²) in [5.41, 5.74) is -0.973. The highest BCUT2D eigenvalue weighted by molar-refractivity contribution is 5.94. The molecule has 2 fully saturated rings. The van der Waals surface area contributed by atoms with Gasteiger partial charge in [0.05, 0.1) is 23.8 Å². The molecule has 4 rings (SSSR count). The Morgan fingerprint density at radius 2 is 2.00 bits per heavy atom. The molecule has 3 heterocycles. The van der Waals surface area contributed by atoms with E-state index in [1.807, 2.05) is 4.90 Å². The number of carbonyl (C=O) groups is 1. The summed E-state index contributed by atoms with van der Waals surface area (Å²) in [4.78, 5) is 20.3. The zero-order chi connectivity index (χ0) is 22.2. The molecule has 0 unspecified atom stereocenters. The fourth-order valence-corrected chi connectivity index (χ4v) is 4.66. The molecule has 0 radical (unpaired) electrons. The van der Waals surface area contributed by atoms with Gasteiger partial charge in [0.1, 0.15) is 0 Å². The first kappa shape index (κ1) is 21.1. The number of nitrogens with zero attached hydrogens (tertiary/aromatic N) is 4. The van der Waals surface area contributed by atoms with Gasteiger partial charge in [-0.25, -0.2) is 0 Å². The van der Waals surface area contributed by atoms with Crippen LogP contribution in [0.2, 0.25) is 0 Å². The lowest BCUT2D eigenvalue weighted by molar-refractivity contribution is -0.137. The molecule has 9 heteroatoms. The summed E-state index contributed by atoms with van der Waals surface area (Å²) >= 11 is 0. The minimum Gasteiger partial charge on any atom is -0.396 e. The van der Waals surface area contributed by atoms with Crippen LogP contribution in [0.3, 0.4) is 0 Å². The Labute approximate surface area is 177 Å². The number of aliphatic hydroxyl groups excluding tert-OH is 1. The van der Waals surface area contributed by atoms with Gasteiger partial charge in [0.25, 0.3) is 5.91 Å². The van der Waals surface area contributed by atoms with E-state index in [2.05, 4.69) is 4.98 Å². The number of benzene rings is 1. The van der Waals surface area contributed by atoms with Crippen LogP contribution in [0.5, 0.6) is 0 Å². The quantitative estimate of drug-likeness (QED) is 0.810. The third-order valence-electron chi connectivity index (χ3n) is 6.46. The van der Waals surface area contributed by atoms with E-state index in [-0.39, 0.29) is 18.4 Å². The summed E-state index contributed by atoms with van der Waals surface area (Å²) in [6.07, 6.45) is -0.967. The molecule has 0 aliphatic carbocycles. The second-order valence-electron chi connectivity index (χ2n) is 8.17. The molecule has 0 spiro atoms. The van der Waals surface area contributed by atoms with Crippen LogP contribution in [-0.4, -0.2) is 53.7 Å². The number of carbonyl (C=O) groups excluding carboxylic acids is 1. The molecule has 162 valence electrons. The lowest BCUT2D eigenvalue weighted by Crippen LogP contribution is -2.50. The Bertz CT molecular complexity index is 1020. The van der Waals surface area contributed by atoms with Crippen LogP contribution in [0.1, 0.15) is 27.9 Å². The summed E-state index contributed by atoms with van der Waals surface area (Å²) in [5, 5.41) is 19.2. The maximum atomic E-state index is 13.4. The van der Waals surface area contributed by atoms with Gasteiger partial charge in [-0.2, -0.15) is 18.4 Å². The minimum atomic E-state index is -4.63. The Kier molecular flexibility index (Phi) is 5.35. The van der Waals surface area contributed by atoms with Crippen LogP contribution < -0.4 is 4.90 Å². The number of aromatic nitrogens is 1. The molecule has 1 aromatic heterocycles. The molecular weight excluding hydrogens is 409 g/mol. The molecule has 0 bridgehead atoms. The normalized spacial score (nSPS) is 23.4. The Balaban J connectivity index is 1.58. The highest BCUT2D eigenvalue weighted by Gasteiger charge is 2.50. The second kappa shape index (κ2) is 7.85. The number of pyridine rings is 1. The van der Waals surface area contributed by atoms with Gasteiger partial charge in [0, 0.05) is 61.2 Å². The summed E-state index contributed by atoms with van der Waals surface area (Å²) in [6.45, 7) is 1.60. The second-order valence-corrected chi connectivity index (χ2v) is 8.17. The lowest BCUT2D eigenvalue weighted by atomic mass is 9.73. The van der Waals surface area contributed by atoms with E-state index in [9.17, 15) is 23.1 Å². The number of rotatable bonds is 3. The molecule has 6 nitrogen and oxygen atoms in total. The maximum absolute atomic E-state index is 13.4. The first-order valence-electron chi connectivity index (χ1n) is 9.94. The number of hydrogen-bond donors (Lipinski definition) is 1. The van der Waals surface area contributed by atoms with E-state index in [0.29, 0.717) is 43.9 Å². The van der Waals surface area contributed by atoms with Crippen molar-refractivity contribution in [2.24, 2.45) is 11.3 Å². The van der Waals surface area contributed by atoms with E-state index in [0.717, 1.165) is 6.07 Å². The van der Waals surface area contributed by atoms with Crippen molar-refractivity contribution in [1.82, 2.24) is 9.88 Å². The SMILES string of the molecule is N#Cc1ccc(N2C[C@H]3CN(C(=O)c4ccncc4)CC[C@@]3(CO)C2)cc1C(F)(F)F. The number of halogens is 3. The molecule has 1 aromatic carbocycles. The Morgan fingerprint density at radius 3 is 2.65 bits per heavy atom. The fraction of sp³-hybridized carbons (Fsp3) is 0.409. The van der Waals surface area contributed by atoms with Crippen molar-refractivity contribution in [1.29, 1.82) is 5.26 Å². The lowest BCUT2D eigenvalue weighted by Gasteiger charge is -2.42. The van der Waals surface area contributed by atoms with Crippen molar-refractivity contribution in [3.8, 4) is 6.07 Å². The topological polar surface area (TPSA) is 80.5 Å². The van der Waals surface area contributed by atoms with E-state index in [1.165, 1.54) is 12.1 Å². The van der Waals surface area contributed by atoms with E-state index < -0.39 is 22.7 Å². The number of hydrogen-bond acceptors (Lipinski definition) is 5. The fourth-order valence-electron chi connectivity index (χ4n) is 4.66. The summed E-state index contributed by atoms with van der Waals surface area (Å²) < 4.78 is 40.1. The van der Waals surface area contributed by atoms with Crippen LogP contribution in [-0.2, 0) is 6.18 Å². The molecule has 0 saturated carbocycles. The number of alkyl halides is 3. The zero-order valence-corrected chi connectivity index (χ0v) is 16.6. The number of fused-ring (bicyclic) bond motifs is 1. The average molecular weight is 430 g/mol. The van der Waals surface area contributed by atoms with Crippen molar-refractivity contribution in [2.45, 2.75) is 12.6 Å². The van der Waals surface area contributed by atoms with Gasteiger partial charge in [-0.15, -0.1) is 0 Å². The number of aliphatic hydroxyl groups is 1. The summed E-state index contributed by atoms with van der Waals surface area (Å²) in [5.74, 6) is -0.202. The summed E-state index contributed by atoms with van der Waals surface area (Å²) in [7, 11) is 0. The minimum absolute atomic E-state index is 0.0815. The third-order valence-corrected chi connectivity index (χ3v) is 6.46. The van der Waals surface area contributed by atoms with Crippen molar-refractivity contribution in [3.05, 3.63) is 59.4 Å². The molecular formula is C22H21F3N4O2. The number of piperidine rings is 1. The Hall–Kier alpha value is -3.12. The van der Waals surface area contributed by atoms with Gasteiger partial charge in [0.2, 0.25) is 0 Å². The molecule has 2 aliphatic heterocycles.